The molecule has 2 unspecified atom stereocenters. The fraction of sp³-hybridized carbons (Fsp3) is 0.923. The SMILES string of the molecule is COCCN=C(NN)NC1CCCCC1C(C)C. The van der Waals surface area contributed by atoms with E-state index in [1.54, 1.807) is 7.11 Å². The van der Waals surface area contributed by atoms with E-state index in [0.29, 0.717) is 37.0 Å². The second kappa shape index (κ2) is 8.32. The molecule has 0 aromatic rings. The van der Waals surface area contributed by atoms with Crippen molar-refractivity contribution in [1.82, 2.24) is 10.7 Å². The van der Waals surface area contributed by atoms with Crippen molar-refractivity contribution in [3.05, 3.63) is 0 Å². The summed E-state index contributed by atoms with van der Waals surface area (Å²) in [4.78, 5) is 4.36. The number of nitrogens with one attached hydrogen (secondary N) is 2. The van der Waals surface area contributed by atoms with Crippen LogP contribution < -0.4 is 16.6 Å². The predicted molar refractivity (Wildman–Crippen MR) is 75.2 cm³/mol. The molecule has 5 nitrogen and oxygen atoms in total. The highest BCUT2D eigenvalue weighted by Crippen LogP contribution is 2.30. The fourth-order valence-electron chi connectivity index (χ4n) is 2.69. The Morgan fingerprint density at radius 1 is 1.39 bits per heavy atom. The standard InChI is InChI=1S/C13H28N4O/c1-10(2)11-6-4-5-7-12(11)16-13(17-14)15-8-9-18-3/h10-12H,4-9,14H2,1-3H3,(H2,15,16,17). The van der Waals surface area contributed by atoms with Gasteiger partial charge in [-0.1, -0.05) is 26.7 Å². The van der Waals surface area contributed by atoms with Gasteiger partial charge in [-0.05, 0) is 24.7 Å². The number of rotatable bonds is 5. The van der Waals surface area contributed by atoms with E-state index in [1.165, 1.54) is 25.7 Å². The van der Waals surface area contributed by atoms with E-state index in [2.05, 4.69) is 29.6 Å². The van der Waals surface area contributed by atoms with Crippen LogP contribution in [0.2, 0.25) is 0 Å². The summed E-state index contributed by atoms with van der Waals surface area (Å²) in [5.41, 5.74) is 2.65. The molecule has 0 saturated heterocycles. The van der Waals surface area contributed by atoms with Gasteiger partial charge < -0.3 is 10.1 Å². The first-order chi connectivity index (χ1) is 8.69. The molecule has 0 spiro atoms. The van der Waals surface area contributed by atoms with Crippen molar-refractivity contribution >= 4 is 5.96 Å². The van der Waals surface area contributed by atoms with Gasteiger partial charge in [0.15, 0.2) is 0 Å². The highest BCUT2D eigenvalue weighted by molar-refractivity contribution is 5.79. The van der Waals surface area contributed by atoms with Gasteiger partial charge in [-0.15, -0.1) is 0 Å². The maximum atomic E-state index is 5.51. The molecular weight excluding hydrogens is 228 g/mol. The average molecular weight is 256 g/mol. The van der Waals surface area contributed by atoms with E-state index in [4.69, 9.17) is 10.6 Å². The lowest BCUT2D eigenvalue weighted by Gasteiger charge is -2.35. The third kappa shape index (κ3) is 4.82. The van der Waals surface area contributed by atoms with Crippen LogP contribution in [0.4, 0.5) is 0 Å². The quantitative estimate of drug-likeness (QED) is 0.228. The largest absolute Gasteiger partial charge is 0.383 e. The number of hydrazine groups is 1. The lowest BCUT2D eigenvalue weighted by molar-refractivity contribution is 0.207. The molecule has 1 fully saturated rings. The molecular formula is C13H28N4O. The Balaban J connectivity index is 2.52. The van der Waals surface area contributed by atoms with Gasteiger partial charge in [0.25, 0.3) is 0 Å². The van der Waals surface area contributed by atoms with Crippen molar-refractivity contribution in [3.63, 3.8) is 0 Å². The minimum absolute atomic E-state index is 0.482. The lowest BCUT2D eigenvalue weighted by atomic mass is 9.78. The van der Waals surface area contributed by atoms with Crippen LogP contribution in [-0.4, -0.2) is 32.3 Å². The normalized spacial score (nSPS) is 25.3. The number of ether oxygens (including phenoxy) is 1. The zero-order chi connectivity index (χ0) is 13.4. The van der Waals surface area contributed by atoms with E-state index in [0.717, 1.165) is 0 Å². The molecule has 0 heterocycles. The third-order valence-electron chi connectivity index (χ3n) is 3.70. The summed E-state index contributed by atoms with van der Waals surface area (Å²) >= 11 is 0. The molecule has 5 heteroatoms. The third-order valence-corrected chi connectivity index (χ3v) is 3.70. The Morgan fingerprint density at radius 3 is 2.72 bits per heavy atom. The Labute approximate surface area is 111 Å². The zero-order valence-electron chi connectivity index (χ0n) is 11.9. The summed E-state index contributed by atoms with van der Waals surface area (Å²) in [7, 11) is 1.68. The monoisotopic (exact) mass is 256 g/mol. The van der Waals surface area contributed by atoms with Crippen LogP contribution in [0.15, 0.2) is 4.99 Å². The Bertz CT molecular complexity index is 255. The summed E-state index contributed by atoms with van der Waals surface area (Å²) in [6.07, 6.45) is 5.13. The van der Waals surface area contributed by atoms with Crippen molar-refractivity contribution < 1.29 is 4.74 Å². The summed E-state index contributed by atoms with van der Waals surface area (Å²) in [5.74, 6) is 7.60. The van der Waals surface area contributed by atoms with Gasteiger partial charge in [-0.3, -0.25) is 5.43 Å². The van der Waals surface area contributed by atoms with Crippen molar-refractivity contribution in [3.8, 4) is 0 Å². The van der Waals surface area contributed by atoms with Crippen LogP contribution in [0.5, 0.6) is 0 Å². The zero-order valence-corrected chi connectivity index (χ0v) is 11.9. The van der Waals surface area contributed by atoms with Gasteiger partial charge in [0.05, 0.1) is 13.2 Å². The van der Waals surface area contributed by atoms with Crippen molar-refractivity contribution in [2.75, 3.05) is 20.3 Å². The van der Waals surface area contributed by atoms with Gasteiger partial charge in [-0.25, -0.2) is 10.8 Å². The Hall–Kier alpha value is -0.810. The van der Waals surface area contributed by atoms with Crippen LogP contribution in [-0.2, 0) is 4.74 Å². The van der Waals surface area contributed by atoms with Crippen LogP contribution in [0.25, 0.3) is 0 Å². The lowest BCUT2D eigenvalue weighted by Crippen LogP contribution is -2.51. The molecule has 0 aromatic heterocycles. The van der Waals surface area contributed by atoms with Crippen molar-refractivity contribution in [2.45, 2.75) is 45.6 Å². The maximum Gasteiger partial charge on any atom is 0.206 e. The minimum atomic E-state index is 0.482. The number of guanidine groups is 1. The van der Waals surface area contributed by atoms with Crippen LogP contribution >= 0.6 is 0 Å². The van der Waals surface area contributed by atoms with Gasteiger partial charge >= 0.3 is 0 Å². The van der Waals surface area contributed by atoms with Crippen molar-refractivity contribution in [2.24, 2.45) is 22.7 Å². The van der Waals surface area contributed by atoms with Gasteiger partial charge in [0.1, 0.15) is 0 Å². The first kappa shape index (κ1) is 15.2. The number of hydrogen-bond donors (Lipinski definition) is 3. The molecule has 1 saturated carbocycles. The summed E-state index contributed by atoms with van der Waals surface area (Å²) < 4.78 is 4.98. The Morgan fingerprint density at radius 2 is 2.11 bits per heavy atom. The second-order valence-electron chi connectivity index (χ2n) is 5.31. The molecule has 0 bridgehead atoms. The topological polar surface area (TPSA) is 71.7 Å². The predicted octanol–water partition coefficient (Wildman–Crippen LogP) is 1.26. The fourth-order valence-corrected chi connectivity index (χ4v) is 2.69. The number of methoxy groups -OCH3 is 1. The molecule has 1 aliphatic rings. The summed E-state index contributed by atoms with van der Waals surface area (Å²) in [5, 5.41) is 3.45. The first-order valence-electron chi connectivity index (χ1n) is 6.95. The smallest absolute Gasteiger partial charge is 0.206 e. The molecule has 0 aliphatic heterocycles. The molecule has 0 amide bonds. The number of nitrogens with two attached hydrogens (primary N) is 1. The maximum absolute atomic E-state index is 5.51. The number of nitrogens with zero attached hydrogens (tertiary/aromatic N) is 1. The molecule has 4 N–H and O–H groups in total. The molecule has 0 radical (unpaired) electrons. The number of aliphatic imine (C=N–C) groups is 1. The average Bonchev–Trinajstić information content (AvgIpc) is 2.38. The van der Waals surface area contributed by atoms with Gasteiger partial charge in [0, 0.05) is 13.2 Å². The highest BCUT2D eigenvalue weighted by atomic mass is 16.5. The second-order valence-corrected chi connectivity index (χ2v) is 5.31. The van der Waals surface area contributed by atoms with E-state index in [9.17, 15) is 0 Å². The van der Waals surface area contributed by atoms with E-state index >= 15 is 0 Å². The molecule has 2 atom stereocenters. The highest BCUT2D eigenvalue weighted by Gasteiger charge is 2.27. The van der Waals surface area contributed by atoms with E-state index in [-0.39, 0.29) is 0 Å². The van der Waals surface area contributed by atoms with Gasteiger partial charge in [-0.2, -0.15) is 0 Å². The molecule has 1 aliphatic carbocycles. The summed E-state index contributed by atoms with van der Waals surface area (Å²) in [6, 6.07) is 0.482. The molecule has 18 heavy (non-hydrogen) atoms. The van der Waals surface area contributed by atoms with Crippen molar-refractivity contribution in [1.29, 1.82) is 0 Å². The van der Waals surface area contributed by atoms with E-state index < -0.39 is 0 Å². The number of hydrogen-bond acceptors (Lipinski definition) is 3. The first-order valence-corrected chi connectivity index (χ1v) is 6.95. The Kier molecular flexibility index (Phi) is 7.05. The van der Waals surface area contributed by atoms with Crippen LogP contribution in [0, 0.1) is 11.8 Å². The molecule has 0 aromatic carbocycles. The van der Waals surface area contributed by atoms with E-state index in [1.807, 2.05) is 0 Å². The van der Waals surface area contributed by atoms with Crippen LogP contribution in [0.3, 0.4) is 0 Å². The molecule has 1 rings (SSSR count). The molecule has 106 valence electrons. The summed E-state index contributed by atoms with van der Waals surface area (Å²) in [6.45, 7) is 5.83. The minimum Gasteiger partial charge on any atom is -0.383 e. The van der Waals surface area contributed by atoms with Gasteiger partial charge in [0.2, 0.25) is 5.96 Å². The van der Waals surface area contributed by atoms with Crippen LogP contribution in [0.1, 0.15) is 39.5 Å².